The Hall–Kier alpha value is -3.19. The lowest BCUT2D eigenvalue weighted by atomic mass is 10.0. The van der Waals surface area contributed by atoms with E-state index in [1.165, 1.54) is 0 Å². The summed E-state index contributed by atoms with van der Waals surface area (Å²) in [6.07, 6.45) is 0. The molecule has 2 aliphatic heterocycles. The number of anilines is 1. The van der Waals surface area contributed by atoms with Gasteiger partial charge in [0, 0.05) is 39.9 Å². The summed E-state index contributed by atoms with van der Waals surface area (Å²) < 4.78 is 1.02. The molecule has 3 aromatic rings. The number of amides is 1. The minimum Gasteiger partial charge on any atom is -0.368 e. The van der Waals surface area contributed by atoms with Crippen LogP contribution in [-0.4, -0.2) is 43.8 Å². The van der Waals surface area contributed by atoms with Gasteiger partial charge in [-0.15, -0.1) is 0 Å². The second kappa shape index (κ2) is 7.91. The van der Waals surface area contributed by atoms with E-state index >= 15 is 0 Å². The van der Waals surface area contributed by atoms with Gasteiger partial charge in [-0.05, 0) is 53.2 Å². The van der Waals surface area contributed by atoms with Crippen LogP contribution in [0.4, 0.5) is 5.69 Å². The molecule has 0 fully saturated rings. The minimum absolute atomic E-state index is 0.142. The van der Waals surface area contributed by atoms with Gasteiger partial charge in [0.2, 0.25) is 0 Å². The molecule has 0 spiro atoms. The number of carbonyl (C=O) groups excluding carboxylic acids is 1. The number of nitrogens with one attached hydrogen (secondary N) is 3. The van der Waals surface area contributed by atoms with Crippen LogP contribution < -0.4 is 16.0 Å². The molecule has 2 aliphatic rings. The quantitative estimate of drug-likeness (QED) is 0.555. The average molecular weight is 462 g/mol. The molecular formula is C23H20BrN5O. The molecule has 1 amide bonds. The van der Waals surface area contributed by atoms with Crippen molar-refractivity contribution >= 4 is 50.0 Å². The van der Waals surface area contributed by atoms with Gasteiger partial charge in [0.25, 0.3) is 5.91 Å². The first-order valence-electron chi connectivity index (χ1n) is 9.89. The Morgan fingerprint density at radius 1 is 0.833 bits per heavy atom. The van der Waals surface area contributed by atoms with E-state index in [1.54, 1.807) is 0 Å². The summed E-state index contributed by atoms with van der Waals surface area (Å²) in [6.45, 7) is 3.17. The molecule has 3 N–H and O–H groups in total. The molecule has 0 unspecified atom stereocenters. The van der Waals surface area contributed by atoms with E-state index in [0.29, 0.717) is 5.56 Å². The molecule has 3 aromatic carbocycles. The molecule has 0 aliphatic carbocycles. The summed E-state index contributed by atoms with van der Waals surface area (Å²) in [7, 11) is 0. The third-order valence-electron chi connectivity index (χ3n) is 5.20. The Balaban J connectivity index is 1.45. The van der Waals surface area contributed by atoms with Crippen LogP contribution in [0.25, 0.3) is 10.8 Å². The largest absolute Gasteiger partial charge is 0.368 e. The minimum atomic E-state index is -0.142. The Morgan fingerprint density at radius 3 is 2.27 bits per heavy atom. The zero-order valence-corrected chi connectivity index (χ0v) is 17.8. The number of amidine groups is 2. The monoisotopic (exact) mass is 461 g/mol. The van der Waals surface area contributed by atoms with E-state index in [2.05, 4.69) is 41.9 Å². The highest BCUT2D eigenvalue weighted by Gasteiger charge is 2.19. The standard InChI is InChI=1S/C23H20BrN5O/c24-17-4-3-14-11-16(2-1-15(14)12-17)23(30)29-18-5-6-19(21-25-7-8-26-21)20(13-18)22-27-9-10-28-22/h1-6,11-13H,7-10H2,(H,25,26)(H,27,28)(H,29,30). The SMILES string of the molecule is O=C(Nc1ccc(C2=NCCN2)c(C2=NCCN2)c1)c1ccc2cc(Br)ccc2c1. The van der Waals surface area contributed by atoms with Gasteiger partial charge < -0.3 is 16.0 Å². The molecule has 0 atom stereocenters. The number of rotatable bonds is 4. The van der Waals surface area contributed by atoms with Gasteiger partial charge in [0.15, 0.2) is 0 Å². The molecular weight excluding hydrogens is 442 g/mol. The Bertz CT molecular complexity index is 1220. The molecule has 7 heteroatoms. The fraction of sp³-hybridized carbons (Fsp3) is 0.174. The van der Waals surface area contributed by atoms with Crippen LogP contribution in [0.3, 0.4) is 0 Å². The van der Waals surface area contributed by atoms with Crippen molar-refractivity contribution in [1.82, 2.24) is 10.6 Å². The number of hydrogen-bond donors (Lipinski definition) is 3. The molecule has 150 valence electrons. The lowest BCUT2D eigenvalue weighted by Crippen LogP contribution is -2.26. The lowest BCUT2D eigenvalue weighted by molar-refractivity contribution is 0.102. The van der Waals surface area contributed by atoms with Crippen molar-refractivity contribution in [2.24, 2.45) is 9.98 Å². The molecule has 6 nitrogen and oxygen atoms in total. The average Bonchev–Trinajstić information content (AvgIpc) is 3.47. The van der Waals surface area contributed by atoms with Crippen molar-refractivity contribution in [3.8, 4) is 0 Å². The summed E-state index contributed by atoms with van der Waals surface area (Å²) in [5, 5.41) is 11.8. The highest BCUT2D eigenvalue weighted by atomic mass is 79.9. The number of fused-ring (bicyclic) bond motifs is 1. The lowest BCUT2D eigenvalue weighted by Gasteiger charge is -2.14. The molecule has 5 rings (SSSR count). The normalized spacial score (nSPS) is 15.4. The van der Waals surface area contributed by atoms with Crippen molar-refractivity contribution in [1.29, 1.82) is 0 Å². The first-order valence-corrected chi connectivity index (χ1v) is 10.7. The number of aliphatic imine (C=N–C) groups is 2. The van der Waals surface area contributed by atoms with E-state index in [9.17, 15) is 4.79 Å². The van der Waals surface area contributed by atoms with E-state index in [4.69, 9.17) is 0 Å². The highest BCUT2D eigenvalue weighted by Crippen LogP contribution is 2.23. The van der Waals surface area contributed by atoms with Gasteiger partial charge in [-0.1, -0.05) is 28.1 Å². The topological polar surface area (TPSA) is 77.9 Å². The fourth-order valence-electron chi connectivity index (χ4n) is 3.74. The number of hydrogen-bond acceptors (Lipinski definition) is 5. The second-order valence-corrected chi connectivity index (χ2v) is 8.15. The predicted molar refractivity (Wildman–Crippen MR) is 125 cm³/mol. The molecule has 0 saturated heterocycles. The maximum atomic E-state index is 12.9. The van der Waals surface area contributed by atoms with Crippen LogP contribution >= 0.6 is 15.9 Å². The molecule has 0 aromatic heterocycles. The fourth-order valence-corrected chi connectivity index (χ4v) is 4.12. The first kappa shape index (κ1) is 18.8. The second-order valence-electron chi connectivity index (χ2n) is 7.23. The van der Waals surface area contributed by atoms with Gasteiger partial charge in [0.1, 0.15) is 11.7 Å². The summed E-state index contributed by atoms with van der Waals surface area (Å²) in [4.78, 5) is 22.0. The van der Waals surface area contributed by atoms with Gasteiger partial charge in [-0.2, -0.15) is 0 Å². The van der Waals surface area contributed by atoms with Crippen LogP contribution in [-0.2, 0) is 0 Å². The van der Waals surface area contributed by atoms with Crippen molar-refractivity contribution in [3.63, 3.8) is 0 Å². The van der Waals surface area contributed by atoms with Crippen molar-refractivity contribution in [3.05, 3.63) is 75.8 Å². The zero-order valence-electron chi connectivity index (χ0n) is 16.2. The Kier molecular flexibility index (Phi) is 4.96. The van der Waals surface area contributed by atoms with Crippen LogP contribution in [0.2, 0.25) is 0 Å². The molecule has 0 radical (unpaired) electrons. The summed E-state index contributed by atoms with van der Waals surface area (Å²) in [5.74, 6) is 1.57. The van der Waals surface area contributed by atoms with E-state index < -0.39 is 0 Å². The van der Waals surface area contributed by atoms with Gasteiger partial charge in [-0.25, -0.2) is 0 Å². The van der Waals surface area contributed by atoms with Gasteiger partial charge >= 0.3 is 0 Å². The number of carbonyl (C=O) groups is 1. The zero-order chi connectivity index (χ0) is 20.5. The van der Waals surface area contributed by atoms with E-state index in [1.807, 2.05) is 54.6 Å². The number of halogens is 1. The summed E-state index contributed by atoms with van der Waals surface area (Å²) in [5.41, 5.74) is 3.29. The van der Waals surface area contributed by atoms with Gasteiger partial charge in [0.05, 0.1) is 13.1 Å². The van der Waals surface area contributed by atoms with Crippen LogP contribution in [0.1, 0.15) is 21.5 Å². The molecule has 2 heterocycles. The molecule has 30 heavy (non-hydrogen) atoms. The van der Waals surface area contributed by atoms with Crippen molar-refractivity contribution in [2.75, 3.05) is 31.5 Å². The Morgan fingerprint density at radius 2 is 1.53 bits per heavy atom. The van der Waals surface area contributed by atoms with Crippen LogP contribution in [0.15, 0.2) is 69.1 Å². The maximum Gasteiger partial charge on any atom is 0.255 e. The highest BCUT2D eigenvalue weighted by molar-refractivity contribution is 9.10. The molecule has 0 saturated carbocycles. The first-order chi connectivity index (χ1) is 14.7. The van der Waals surface area contributed by atoms with Crippen LogP contribution in [0, 0.1) is 0 Å². The number of benzene rings is 3. The maximum absolute atomic E-state index is 12.9. The van der Waals surface area contributed by atoms with Gasteiger partial charge in [-0.3, -0.25) is 14.8 Å². The summed E-state index contributed by atoms with van der Waals surface area (Å²) in [6, 6.07) is 17.6. The Labute approximate surface area is 182 Å². The summed E-state index contributed by atoms with van der Waals surface area (Å²) >= 11 is 3.48. The third kappa shape index (κ3) is 3.68. The number of nitrogens with zero attached hydrogens (tertiary/aromatic N) is 2. The van der Waals surface area contributed by atoms with Crippen molar-refractivity contribution in [2.45, 2.75) is 0 Å². The smallest absolute Gasteiger partial charge is 0.255 e. The van der Waals surface area contributed by atoms with Crippen molar-refractivity contribution < 1.29 is 4.79 Å². The van der Waals surface area contributed by atoms with E-state index in [-0.39, 0.29) is 5.91 Å². The molecule has 0 bridgehead atoms. The van der Waals surface area contributed by atoms with Crippen LogP contribution in [0.5, 0.6) is 0 Å². The predicted octanol–water partition coefficient (Wildman–Crippen LogP) is 3.55. The van der Waals surface area contributed by atoms with E-state index in [0.717, 1.165) is 69.9 Å². The third-order valence-corrected chi connectivity index (χ3v) is 5.69.